The van der Waals surface area contributed by atoms with Gasteiger partial charge in [0.2, 0.25) is 5.91 Å². The summed E-state index contributed by atoms with van der Waals surface area (Å²) in [7, 11) is 0. The van der Waals surface area contributed by atoms with Crippen molar-refractivity contribution in [1.29, 1.82) is 0 Å². The van der Waals surface area contributed by atoms with Gasteiger partial charge in [-0.15, -0.1) is 0 Å². The quantitative estimate of drug-likeness (QED) is 0.732. The maximum absolute atomic E-state index is 13.5. The molecule has 1 N–H and O–H groups in total. The minimum absolute atomic E-state index is 0.236. The topological polar surface area (TPSA) is 53.4 Å². The highest BCUT2D eigenvalue weighted by atomic mass is 16.2. The lowest BCUT2D eigenvalue weighted by Crippen LogP contribution is -2.45. The standard InChI is InChI=1S/C26H39N5O/c1-20(2)11-16-31-23-8-9-24(31)19-30(26(32)12-15-29-17-14-27-21(29)3)18-22-6-4-5-7-25(22)28-13-10-23/h4-7,14,17,20,23-24,28H,8-13,15-16,18-19H2,1-3H3/t23-,24+/m1/s1. The molecule has 2 aromatic rings. The van der Waals surface area contributed by atoms with Crippen molar-refractivity contribution >= 4 is 11.6 Å². The fraction of sp³-hybridized carbons (Fsp3) is 0.615. The number of amides is 1. The molecule has 0 unspecified atom stereocenters. The van der Waals surface area contributed by atoms with E-state index < -0.39 is 0 Å². The van der Waals surface area contributed by atoms with Crippen LogP contribution >= 0.6 is 0 Å². The molecule has 2 aliphatic rings. The van der Waals surface area contributed by atoms with Crippen molar-refractivity contribution in [3.05, 3.63) is 48.0 Å². The Bertz CT molecular complexity index is 892. The number of aromatic nitrogens is 2. The van der Waals surface area contributed by atoms with Crippen LogP contribution in [0, 0.1) is 12.8 Å². The zero-order valence-electron chi connectivity index (χ0n) is 20.0. The van der Waals surface area contributed by atoms with E-state index >= 15 is 0 Å². The summed E-state index contributed by atoms with van der Waals surface area (Å²) in [5, 5.41) is 3.67. The number of anilines is 1. The van der Waals surface area contributed by atoms with Crippen LogP contribution in [0.25, 0.3) is 0 Å². The lowest BCUT2D eigenvalue weighted by atomic mass is 10.1. The smallest absolute Gasteiger partial charge is 0.224 e. The van der Waals surface area contributed by atoms with Gasteiger partial charge in [-0.25, -0.2) is 4.98 Å². The first-order valence-corrected chi connectivity index (χ1v) is 12.3. The number of benzene rings is 1. The van der Waals surface area contributed by atoms with Crippen LogP contribution in [-0.4, -0.2) is 57.0 Å². The van der Waals surface area contributed by atoms with Crippen molar-refractivity contribution in [3.63, 3.8) is 0 Å². The highest BCUT2D eigenvalue weighted by Gasteiger charge is 2.35. The van der Waals surface area contributed by atoms with Crippen molar-refractivity contribution in [2.45, 2.75) is 78.0 Å². The lowest BCUT2D eigenvalue weighted by molar-refractivity contribution is -0.132. The van der Waals surface area contributed by atoms with Crippen molar-refractivity contribution in [1.82, 2.24) is 19.4 Å². The van der Waals surface area contributed by atoms with E-state index in [0.717, 1.165) is 31.9 Å². The predicted molar refractivity (Wildman–Crippen MR) is 130 cm³/mol. The molecule has 2 atom stereocenters. The maximum Gasteiger partial charge on any atom is 0.224 e. The number of aryl methyl sites for hydroxylation is 2. The number of nitrogens with zero attached hydrogens (tertiary/aromatic N) is 4. The van der Waals surface area contributed by atoms with Crippen LogP contribution in [0.5, 0.6) is 0 Å². The normalized spacial score (nSPS) is 21.8. The average Bonchev–Trinajstić information content (AvgIpc) is 3.35. The number of nitrogens with one attached hydrogen (secondary N) is 1. The van der Waals surface area contributed by atoms with Gasteiger partial charge in [-0.1, -0.05) is 32.0 Å². The van der Waals surface area contributed by atoms with Crippen molar-refractivity contribution in [2.75, 3.05) is 25.0 Å². The molecule has 1 amide bonds. The van der Waals surface area contributed by atoms with Crippen LogP contribution in [0.2, 0.25) is 0 Å². The third-order valence-corrected chi connectivity index (χ3v) is 7.18. The van der Waals surface area contributed by atoms with E-state index in [1.54, 1.807) is 6.20 Å². The van der Waals surface area contributed by atoms with Crippen molar-refractivity contribution < 1.29 is 4.79 Å². The molecule has 4 rings (SSSR count). The first-order valence-electron chi connectivity index (χ1n) is 12.3. The number of fused-ring (bicyclic) bond motifs is 3. The largest absolute Gasteiger partial charge is 0.385 e. The van der Waals surface area contributed by atoms with Gasteiger partial charge in [0.05, 0.1) is 0 Å². The highest BCUT2D eigenvalue weighted by Crippen LogP contribution is 2.30. The molecule has 0 saturated carbocycles. The molecule has 2 bridgehead atoms. The molecular formula is C26H39N5O. The summed E-state index contributed by atoms with van der Waals surface area (Å²) in [5.41, 5.74) is 2.38. The Balaban J connectivity index is 1.54. The molecule has 0 spiro atoms. The molecular weight excluding hydrogens is 398 g/mol. The van der Waals surface area contributed by atoms with Gasteiger partial charge in [-0.05, 0) is 56.7 Å². The Morgan fingerprint density at radius 2 is 1.97 bits per heavy atom. The number of imidazole rings is 1. The summed E-state index contributed by atoms with van der Waals surface area (Å²) in [4.78, 5) is 22.6. The molecule has 6 heteroatoms. The van der Waals surface area contributed by atoms with E-state index in [-0.39, 0.29) is 5.91 Å². The fourth-order valence-corrected chi connectivity index (χ4v) is 5.23. The number of para-hydroxylation sites is 1. The van der Waals surface area contributed by atoms with Gasteiger partial charge in [0.15, 0.2) is 0 Å². The summed E-state index contributed by atoms with van der Waals surface area (Å²) in [6.07, 6.45) is 9.08. The molecule has 32 heavy (non-hydrogen) atoms. The summed E-state index contributed by atoms with van der Waals surface area (Å²) >= 11 is 0. The summed E-state index contributed by atoms with van der Waals surface area (Å²) in [6.45, 7) is 10.9. The van der Waals surface area contributed by atoms with Crippen LogP contribution in [0.1, 0.15) is 57.3 Å². The van der Waals surface area contributed by atoms with E-state index in [1.807, 2.05) is 13.1 Å². The monoisotopic (exact) mass is 437 g/mol. The molecule has 3 heterocycles. The van der Waals surface area contributed by atoms with Crippen LogP contribution < -0.4 is 5.32 Å². The second-order valence-corrected chi connectivity index (χ2v) is 9.87. The third kappa shape index (κ3) is 5.52. The average molecular weight is 438 g/mol. The first kappa shape index (κ1) is 22.8. The number of hydrogen-bond donors (Lipinski definition) is 1. The van der Waals surface area contributed by atoms with Crippen LogP contribution in [0.3, 0.4) is 0 Å². The van der Waals surface area contributed by atoms with E-state index in [4.69, 9.17) is 0 Å². The number of carbonyl (C=O) groups excluding carboxylic acids is 1. The van der Waals surface area contributed by atoms with Crippen molar-refractivity contribution in [3.8, 4) is 0 Å². The Morgan fingerprint density at radius 3 is 2.75 bits per heavy atom. The maximum atomic E-state index is 13.5. The lowest BCUT2D eigenvalue weighted by Gasteiger charge is -2.34. The minimum atomic E-state index is 0.236. The van der Waals surface area contributed by atoms with E-state index in [2.05, 4.69) is 62.8 Å². The van der Waals surface area contributed by atoms with Gasteiger partial charge in [0.25, 0.3) is 0 Å². The second-order valence-electron chi connectivity index (χ2n) is 9.87. The van der Waals surface area contributed by atoms with Gasteiger partial charge in [-0.2, -0.15) is 0 Å². The van der Waals surface area contributed by atoms with Crippen LogP contribution in [0.4, 0.5) is 5.69 Å². The molecule has 174 valence electrons. The van der Waals surface area contributed by atoms with Gasteiger partial charge >= 0.3 is 0 Å². The zero-order valence-corrected chi connectivity index (χ0v) is 20.0. The highest BCUT2D eigenvalue weighted by molar-refractivity contribution is 5.76. The number of hydrogen-bond acceptors (Lipinski definition) is 4. The molecule has 0 radical (unpaired) electrons. The van der Waals surface area contributed by atoms with E-state index in [0.29, 0.717) is 37.5 Å². The molecule has 1 fully saturated rings. The van der Waals surface area contributed by atoms with Crippen LogP contribution in [0.15, 0.2) is 36.7 Å². The molecule has 1 aromatic carbocycles. The Hall–Kier alpha value is -2.34. The summed E-state index contributed by atoms with van der Waals surface area (Å²) < 4.78 is 2.07. The Morgan fingerprint density at radius 1 is 1.16 bits per heavy atom. The molecule has 6 nitrogen and oxygen atoms in total. The minimum Gasteiger partial charge on any atom is -0.385 e. The third-order valence-electron chi connectivity index (χ3n) is 7.18. The van der Waals surface area contributed by atoms with Crippen LogP contribution in [-0.2, 0) is 17.9 Å². The van der Waals surface area contributed by atoms with Crippen molar-refractivity contribution in [2.24, 2.45) is 5.92 Å². The SMILES string of the molecule is Cc1nccn1CCC(=O)N1Cc2ccccc2NCC[C@H]2CC[C@@H](C1)N2CCC(C)C. The Kier molecular flexibility index (Phi) is 7.51. The van der Waals surface area contributed by atoms with E-state index in [1.165, 1.54) is 30.5 Å². The molecule has 1 aromatic heterocycles. The van der Waals surface area contributed by atoms with Gasteiger partial charge < -0.3 is 14.8 Å². The summed E-state index contributed by atoms with van der Waals surface area (Å²) in [5.74, 6) is 1.90. The van der Waals surface area contributed by atoms with Gasteiger partial charge in [-0.3, -0.25) is 9.69 Å². The fourth-order valence-electron chi connectivity index (χ4n) is 5.23. The van der Waals surface area contributed by atoms with Gasteiger partial charge in [0, 0.05) is 62.8 Å². The summed E-state index contributed by atoms with van der Waals surface area (Å²) in [6, 6.07) is 9.55. The second kappa shape index (κ2) is 10.5. The Labute approximate surface area is 193 Å². The number of rotatable bonds is 6. The van der Waals surface area contributed by atoms with E-state index in [9.17, 15) is 4.79 Å². The first-order chi connectivity index (χ1) is 15.5. The predicted octanol–water partition coefficient (Wildman–Crippen LogP) is 4.31. The molecule has 2 aliphatic heterocycles. The van der Waals surface area contributed by atoms with Gasteiger partial charge in [0.1, 0.15) is 5.82 Å². The molecule has 1 saturated heterocycles. The molecule has 0 aliphatic carbocycles. The zero-order chi connectivity index (χ0) is 22.5. The number of carbonyl (C=O) groups is 1.